The van der Waals surface area contributed by atoms with E-state index in [-0.39, 0.29) is 0 Å². The highest BCUT2D eigenvalue weighted by Crippen LogP contribution is 2.22. The molecule has 0 radical (unpaired) electrons. The Hall–Kier alpha value is -0.490. The fourth-order valence-corrected chi connectivity index (χ4v) is 2.02. The van der Waals surface area contributed by atoms with Crippen LogP contribution in [0.25, 0.3) is 0 Å². The number of furan rings is 1. The van der Waals surface area contributed by atoms with E-state index in [2.05, 4.69) is 38.5 Å². The highest BCUT2D eigenvalue weighted by molar-refractivity contribution is 14.1. The minimum atomic E-state index is 0.450. The van der Waals surface area contributed by atoms with Crippen molar-refractivity contribution in [2.45, 2.75) is 6.61 Å². The summed E-state index contributed by atoms with van der Waals surface area (Å²) >= 11 is 5.49. The van der Waals surface area contributed by atoms with Gasteiger partial charge in [0, 0.05) is 0 Å². The van der Waals surface area contributed by atoms with Gasteiger partial charge in [-0.1, -0.05) is 12.1 Å². The Morgan fingerprint density at radius 2 is 2.00 bits per heavy atom. The number of rotatable bonds is 3. The van der Waals surface area contributed by atoms with Crippen molar-refractivity contribution >= 4 is 38.5 Å². The standard InChI is InChI=1S/C11H8BrIO2/c12-11-6-5-8(15-11)7-14-10-4-2-1-3-9(10)13/h1-6H,7H2. The molecule has 0 atom stereocenters. The van der Waals surface area contributed by atoms with Crippen molar-refractivity contribution in [3.8, 4) is 5.75 Å². The lowest BCUT2D eigenvalue weighted by Gasteiger charge is -2.05. The number of benzene rings is 1. The van der Waals surface area contributed by atoms with Crippen molar-refractivity contribution in [3.05, 3.63) is 50.4 Å². The molecule has 0 spiro atoms. The van der Waals surface area contributed by atoms with Crippen LogP contribution in [0.5, 0.6) is 5.75 Å². The number of halogens is 2. The number of hydrogen-bond donors (Lipinski definition) is 0. The second-order valence-corrected chi connectivity index (χ2v) is 4.87. The quantitative estimate of drug-likeness (QED) is 0.746. The highest BCUT2D eigenvalue weighted by Gasteiger charge is 2.02. The second-order valence-electron chi connectivity index (χ2n) is 2.92. The van der Waals surface area contributed by atoms with Gasteiger partial charge in [-0.2, -0.15) is 0 Å². The zero-order valence-corrected chi connectivity index (χ0v) is 11.5. The Kier molecular flexibility index (Phi) is 3.69. The zero-order valence-electron chi connectivity index (χ0n) is 7.74. The largest absolute Gasteiger partial charge is 0.485 e. The molecular weight excluding hydrogens is 371 g/mol. The number of hydrogen-bond acceptors (Lipinski definition) is 2. The summed E-state index contributed by atoms with van der Waals surface area (Å²) in [4.78, 5) is 0. The maximum absolute atomic E-state index is 5.61. The van der Waals surface area contributed by atoms with E-state index in [1.165, 1.54) is 0 Å². The van der Waals surface area contributed by atoms with Crippen LogP contribution in [0, 0.1) is 3.57 Å². The Morgan fingerprint density at radius 1 is 1.20 bits per heavy atom. The smallest absolute Gasteiger partial charge is 0.169 e. The van der Waals surface area contributed by atoms with Crippen molar-refractivity contribution in [1.82, 2.24) is 0 Å². The minimum Gasteiger partial charge on any atom is -0.485 e. The van der Waals surface area contributed by atoms with Crippen LogP contribution in [0.15, 0.2) is 45.5 Å². The van der Waals surface area contributed by atoms with Crippen molar-refractivity contribution < 1.29 is 9.15 Å². The van der Waals surface area contributed by atoms with Gasteiger partial charge in [-0.25, -0.2) is 0 Å². The average Bonchev–Trinajstić information content (AvgIpc) is 2.63. The van der Waals surface area contributed by atoms with E-state index >= 15 is 0 Å². The molecule has 0 aliphatic rings. The van der Waals surface area contributed by atoms with Gasteiger partial charge in [-0.3, -0.25) is 0 Å². The van der Waals surface area contributed by atoms with E-state index in [4.69, 9.17) is 9.15 Å². The first-order valence-corrected chi connectivity index (χ1v) is 6.24. The molecule has 2 rings (SSSR count). The van der Waals surface area contributed by atoms with Crippen molar-refractivity contribution in [2.24, 2.45) is 0 Å². The molecule has 0 unspecified atom stereocenters. The van der Waals surface area contributed by atoms with Gasteiger partial charge in [0.25, 0.3) is 0 Å². The predicted molar refractivity (Wildman–Crippen MR) is 69.9 cm³/mol. The van der Waals surface area contributed by atoms with Gasteiger partial charge in [-0.05, 0) is 62.8 Å². The second kappa shape index (κ2) is 5.03. The number of para-hydroxylation sites is 1. The van der Waals surface area contributed by atoms with Gasteiger partial charge in [-0.15, -0.1) is 0 Å². The molecule has 4 heteroatoms. The van der Waals surface area contributed by atoms with E-state index < -0.39 is 0 Å². The maximum Gasteiger partial charge on any atom is 0.169 e. The predicted octanol–water partition coefficient (Wildman–Crippen LogP) is 4.23. The highest BCUT2D eigenvalue weighted by atomic mass is 127. The van der Waals surface area contributed by atoms with Crippen molar-refractivity contribution in [2.75, 3.05) is 0 Å². The lowest BCUT2D eigenvalue weighted by molar-refractivity contribution is 0.266. The molecule has 15 heavy (non-hydrogen) atoms. The first kappa shape index (κ1) is 11.0. The molecule has 1 heterocycles. The molecule has 0 amide bonds. The maximum atomic E-state index is 5.61. The molecule has 0 bridgehead atoms. The summed E-state index contributed by atoms with van der Waals surface area (Å²) in [6, 6.07) is 11.6. The molecule has 0 saturated heterocycles. The molecule has 0 aliphatic heterocycles. The monoisotopic (exact) mass is 378 g/mol. The van der Waals surface area contributed by atoms with E-state index in [0.29, 0.717) is 6.61 Å². The Labute approximate surface area is 110 Å². The molecule has 2 aromatic rings. The van der Waals surface area contributed by atoms with Crippen molar-refractivity contribution in [1.29, 1.82) is 0 Å². The number of ether oxygens (including phenoxy) is 1. The van der Waals surface area contributed by atoms with Crippen LogP contribution in [0.1, 0.15) is 5.76 Å². The van der Waals surface area contributed by atoms with Gasteiger partial charge in [0.2, 0.25) is 0 Å². The van der Waals surface area contributed by atoms with Crippen LogP contribution in [0.4, 0.5) is 0 Å². The molecule has 0 aliphatic carbocycles. The summed E-state index contributed by atoms with van der Waals surface area (Å²) in [5, 5.41) is 0. The van der Waals surface area contributed by atoms with Crippen LogP contribution < -0.4 is 4.74 Å². The average molecular weight is 379 g/mol. The Balaban J connectivity index is 2.02. The molecular formula is C11H8BrIO2. The van der Waals surface area contributed by atoms with Crippen LogP contribution in [0.3, 0.4) is 0 Å². The lowest BCUT2D eigenvalue weighted by atomic mass is 10.3. The normalized spacial score (nSPS) is 10.3. The molecule has 1 aromatic heterocycles. The van der Waals surface area contributed by atoms with Gasteiger partial charge >= 0.3 is 0 Å². The van der Waals surface area contributed by atoms with Crippen molar-refractivity contribution in [3.63, 3.8) is 0 Å². The molecule has 0 saturated carbocycles. The third-order valence-electron chi connectivity index (χ3n) is 1.84. The third-order valence-corrected chi connectivity index (χ3v) is 3.15. The van der Waals surface area contributed by atoms with E-state index in [1.54, 1.807) is 0 Å². The van der Waals surface area contributed by atoms with Gasteiger partial charge in [0.05, 0.1) is 3.57 Å². The first-order valence-electron chi connectivity index (χ1n) is 4.37. The molecule has 78 valence electrons. The van der Waals surface area contributed by atoms with E-state index in [1.807, 2.05) is 36.4 Å². The van der Waals surface area contributed by atoms with Gasteiger partial charge < -0.3 is 9.15 Å². The molecule has 1 aromatic carbocycles. The van der Waals surface area contributed by atoms with E-state index in [9.17, 15) is 0 Å². The van der Waals surface area contributed by atoms with Crippen LogP contribution in [-0.2, 0) is 6.61 Å². The minimum absolute atomic E-state index is 0.450. The first-order chi connectivity index (χ1) is 7.25. The summed E-state index contributed by atoms with van der Waals surface area (Å²) in [5.74, 6) is 1.69. The fraction of sp³-hybridized carbons (Fsp3) is 0.0909. The third kappa shape index (κ3) is 2.98. The molecule has 0 fully saturated rings. The summed E-state index contributed by atoms with van der Waals surface area (Å²) in [6.07, 6.45) is 0. The van der Waals surface area contributed by atoms with Gasteiger partial charge in [0.1, 0.15) is 18.1 Å². The van der Waals surface area contributed by atoms with Crippen LogP contribution in [-0.4, -0.2) is 0 Å². The summed E-state index contributed by atoms with van der Waals surface area (Å²) in [7, 11) is 0. The zero-order chi connectivity index (χ0) is 10.7. The SMILES string of the molecule is Brc1ccc(COc2ccccc2I)o1. The Bertz CT molecular complexity index is 453. The van der Waals surface area contributed by atoms with Crippen LogP contribution >= 0.6 is 38.5 Å². The molecule has 2 nitrogen and oxygen atoms in total. The lowest BCUT2D eigenvalue weighted by Crippen LogP contribution is -1.94. The van der Waals surface area contributed by atoms with Gasteiger partial charge in [0.15, 0.2) is 4.67 Å². The Morgan fingerprint density at radius 3 is 2.67 bits per heavy atom. The fourth-order valence-electron chi connectivity index (χ4n) is 1.14. The van der Waals surface area contributed by atoms with E-state index in [0.717, 1.165) is 19.7 Å². The topological polar surface area (TPSA) is 22.4 Å². The summed E-state index contributed by atoms with van der Waals surface area (Å²) in [5.41, 5.74) is 0. The van der Waals surface area contributed by atoms with Crippen LogP contribution in [0.2, 0.25) is 0 Å². The summed E-state index contributed by atoms with van der Waals surface area (Å²) in [6.45, 7) is 0.450. The molecule has 0 N–H and O–H groups in total. The summed E-state index contributed by atoms with van der Waals surface area (Å²) < 4.78 is 12.8.